The highest BCUT2D eigenvalue weighted by Crippen LogP contribution is 2.37. The van der Waals surface area contributed by atoms with E-state index in [2.05, 4.69) is 16.5 Å². The molecular weight excluding hydrogens is 368 g/mol. The van der Waals surface area contributed by atoms with Crippen molar-refractivity contribution in [2.24, 2.45) is 0 Å². The van der Waals surface area contributed by atoms with Gasteiger partial charge in [0, 0.05) is 24.2 Å². The summed E-state index contributed by atoms with van der Waals surface area (Å²) in [5.41, 5.74) is 10.8. The van der Waals surface area contributed by atoms with Crippen LogP contribution in [-0.2, 0) is 6.54 Å². The molecule has 0 unspecified atom stereocenters. The second-order valence-corrected chi connectivity index (χ2v) is 6.41. The zero-order valence-electron chi connectivity index (χ0n) is 15.6. The molecule has 7 nitrogen and oxygen atoms in total. The Labute approximate surface area is 161 Å². The van der Waals surface area contributed by atoms with Crippen LogP contribution in [0.3, 0.4) is 0 Å². The molecule has 0 bridgehead atoms. The first-order chi connectivity index (χ1) is 13.6. The molecule has 9 heteroatoms. The summed E-state index contributed by atoms with van der Waals surface area (Å²) in [5, 5.41) is 1.91. The molecule has 0 aliphatic carbocycles. The predicted molar refractivity (Wildman–Crippen MR) is 99.3 cm³/mol. The molecule has 148 valence electrons. The number of halogens is 2. The number of hydrazine groups is 3. The van der Waals surface area contributed by atoms with Gasteiger partial charge < -0.3 is 14.4 Å². The predicted octanol–water partition coefficient (Wildman–Crippen LogP) is 1.95. The van der Waals surface area contributed by atoms with Gasteiger partial charge in [-0.1, -0.05) is 12.1 Å². The van der Waals surface area contributed by atoms with Gasteiger partial charge in [0.2, 0.25) is 0 Å². The smallest absolute Gasteiger partial charge is 0.163 e. The number of ether oxygens (including phenoxy) is 2. The van der Waals surface area contributed by atoms with Crippen LogP contribution in [0.4, 0.5) is 8.78 Å². The van der Waals surface area contributed by atoms with Gasteiger partial charge in [0.25, 0.3) is 0 Å². The zero-order valence-corrected chi connectivity index (χ0v) is 15.6. The summed E-state index contributed by atoms with van der Waals surface area (Å²) in [6.07, 6.45) is 0. The van der Waals surface area contributed by atoms with E-state index >= 15 is 0 Å². The number of rotatable bonds is 5. The maximum atomic E-state index is 14.3. The lowest BCUT2D eigenvalue weighted by atomic mass is 10.1. The average molecular weight is 389 g/mol. The fraction of sp³-hybridized carbons (Fsp3) is 0.263. The fourth-order valence-electron chi connectivity index (χ4n) is 3.45. The molecule has 0 amide bonds. The highest BCUT2D eigenvalue weighted by molar-refractivity contribution is 5.73. The van der Waals surface area contributed by atoms with Crippen LogP contribution in [0.15, 0.2) is 42.2 Å². The van der Waals surface area contributed by atoms with E-state index < -0.39 is 11.6 Å². The summed E-state index contributed by atoms with van der Waals surface area (Å²) in [7, 11) is 3.18. The lowest BCUT2D eigenvalue weighted by molar-refractivity contribution is 0.209. The van der Waals surface area contributed by atoms with Crippen molar-refractivity contribution >= 4 is 5.70 Å². The minimum absolute atomic E-state index is 0.207. The quantitative estimate of drug-likeness (QED) is 0.723. The van der Waals surface area contributed by atoms with Crippen molar-refractivity contribution in [1.29, 1.82) is 0 Å². The van der Waals surface area contributed by atoms with E-state index in [-0.39, 0.29) is 12.1 Å². The van der Waals surface area contributed by atoms with E-state index in [0.717, 1.165) is 23.1 Å². The zero-order chi connectivity index (χ0) is 19.7. The van der Waals surface area contributed by atoms with Crippen LogP contribution in [-0.4, -0.2) is 37.2 Å². The third-order valence-electron chi connectivity index (χ3n) is 4.83. The topological polar surface area (TPSA) is 61.0 Å². The summed E-state index contributed by atoms with van der Waals surface area (Å²) >= 11 is 0. The number of fused-ring (bicyclic) bond motifs is 1. The largest absolute Gasteiger partial charge is 0.497 e. The standard InChI is InChI=1S/C19H21F2N5O2/c1-27-13-6-7-16(28-2)14(10-13)18-19-22-23-24-26(19)9-8-25(18)11-12-4-3-5-15(20)17(12)21/h3-7,10,22-24H,8-9,11H2,1-2H3. The number of methoxy groups -OCH3 is 2. The first kappa shape index (κ1) is 18.3. The second-order valence-electron chi connectivity index (χ2n) is 6.41. The van der Waals surface area contributed by atoms with Crippen LogP contribution in [0.2, 0.25) is 0 Å². The SMILES string of the molecule is COc1ccc(OC)c(C2=C3NNNN3CCN2Cc2cccc(F)c2F)c1. The highest BCUT2D eigenvalue weighted by atomic mass is 19.2. The normalized spacial score (nSPS) is 16.1. The molecule has 0 aromatic heterocycles. The summed E-state index contributed by atoms with van der Waals surface area (Å²) in [6.45, 7) is 1.44. The first-order valence-corrected chi connectivity index (χ1v) is 8.81. The summed E-state index contributed by atoms with van der Waals surface area (Å²) in [6, 6.07) is 9.71. The Morgan fingerprint density at radius 1 is 1.07 bits per heavy atom. The molecule has 3 N–H and O–H groups in total. The van der Waals surface area contributed by atoms with Gasteiger partial charge in [0.15, 0.2) is 17.5 Å². The second kappa shape index (κ2) is 7.53. The molecule has 1 saturated heterocycles. The van der Waals surface area contributed by atoms with E-state index in [1.165, 1.54) is 6.07 Å². The highest BCUT2D eigenvalue weighted by Gasteiger charge is 2.32. The molecule has 1 fully saturated rings. The molecule has 2 aromatic carbocycles. The van der Waals surface area contributed by atoms with Crippen LogP contribution in [0.1, 0.15) is 11.1 Å². The van der Waals surface area contributed by atoms with E-state index in [9.17, 15) is 8.78 Å². The maximum absolute atomic E-state index is 14.3. The Morgan fingerprint density at radius 3 is 2.71 bits per heavy atom. The van der Waals surface area contributed by atoms with Crippen molar-refractivity contribution in [3.05, 3.63) is 65.0 Å². The van der Waals surface area contributed by atoms with Crippen molar-refractivity contribution in [2.45, 2.75) is 6.54 Å². The molecule has 2 heterocycles. The Hall–Kier alpha value is -3.04. The van der Waals surface area contributed by atoms with E-state index in [4.69, 9.17) is 9.47 Å². The summed E-state index contributed by atoms with van der Waals surface area (Å²) in [4.78, 5) is 1.99. The first-order valence-electron chi connectivity index (χ1n) is 8.81. The number of nitrogens with one attached hydrogen (secondary N) is 3. The molecule has 2 aliphatic rings. The minimum atomic E-state index is -0.855. The van der Waals surface area contributed by atoms with Crippen molar-refractivity contribution in [3.8, 4) is 11.5 Å². The van der Waals surface area contributed by atoms with Crippen LogP contribution in [0, 0.1) is 11.6 Å². The molecule has 28 heavy (non-hydrogen) atoms. The van der Waals surface area contributed by atoms with E-state index in [1.807, 2.05) is 28.1 Å². The minimum Gasteiger partial charge on any atom is -0.497 e. The molecule has 0 radical (unpaired) electrons. The number of nitrogens with zero attached hydrogens (tertiary/aromatic N) is 2. The lowest BCUT2D eigenvalue weighted by Gasteiger charge is -2.37. The van der Waals surface area contributed by atoms with Crippen molar-refractivity contribution in [1.82, 2.24) is 26.4 Å². The number of hydrogen-bond donors (Lipinski definition) is 3. The Balaban J connectivity index is 1.81. The molecule has 0 spiro atoms. The van der Waals surface area contributed by atoms with Gasteiger partial charge in [-0.3, -0.25) is 10.4 Å². The van der Waals surface area contributed by atoms with Crippen LogP contribution < -0.4 is 26.0 Å². The molecule has 0 atom stereocenters. The number of hydrogen-bond acceptors (Lipinski definition) is 7. The van der Waals surface area contributed by atoms with Crippen LogP contribution in [0.25, 0.3) is 5.70 Å². The van der Waals surface area contributed by atoms with E-state index in [1.54, 1.807) is 20.3 Å². The maximum Gasteiger partial charge on any atom is 0.163 e. The van der Waals surface area contributed by atoms with Crippen molar-refractivity contribution < 1.29 is 18.3 Å². The third kappa shape index (κ3) is 3.19. The summed E-state index contributed by atoms with van der Waals surface area (Å²) < 4.78 is 38.9. The van der Waals surface area contributed by atoms with Crippen LogP contribution >= 0.6 is 0 Å². The third-order valence-corrected chi connectivity index (χ3v) is 4.83. The van der Waals surface area contributed by atoms with Gasteiger partial charge in [-0.25, -0.2) is 8.78 Å². The molecule has 2 aliphatic heterocycles. The number of benzene rings is 2. The Kier molecular flexibility index (Phi) is 4.93. The molecular formula is C19H21F2N5O2. The van der Waals surface area contributed by atoms with Gasteiger partial charge >= 0.3 is 0 Å². The Bertz CT molecular complexity index is 921. The fourth-order valence-corrected chi connectivity index (χ4v) is 3.45. The van der Waals surface area contributed by atoms with Crippen molar-refractivity contribution in [3.63, 3.8) is 0 Å². The molecule has 0 saturated carbocycles. The van der Waals surface area contributed by atoms with Gasteiger partial charge in [-0.05, 0) is 24.3 Å². The van der Waals surface area contributed by atoms with Gasteiger partial charge in [-0.15, -0.1) is 5.53 Å². The van der Waals surface area contributed by atoms with Gasteiger partial charge in [-0.2, -0.15) is 5.53 Å². The van der Waals surface area contributed by atoms with E-state index in [0.29, 0.717) is 24.6 Å². The monoisotopic (exact) mass is 389 g/mol. The lowest BCUT2D eigenvalue weighted by Crippen LogP contribution is -2.44. The van der Waals surface area contributed by atoms with Crippen LogP contribution in [0.5, 0.6) is 11.5 Å². The van der Waals surface area contributed by atoms with Crippen molar-refractivity contribution in [2.75, 3.05) is 27.3 Å². The van der Waals surface area contributed by atoms with Gasteiger partial charge in [0.05, 0.1) is 26.5 Å². The molecule has 2 aromatic rings. The summed E-state index contributed by atoms with van der Waals surface area (Å²) in [5.74, 6) is 0.379. The Morgan fingerprint density at radius 2 is 1.93 bits per heavy atom. The average Bonchev–Trinajstić information content (AvgIpc) is 3.19. The molecule has 4 rings (SSSR count). The van der Waals surface area contributed by atoms with Gasteiger partial charge in [0.1, 0.15) is 11.5 Å².